The highest BCUT2D eigenvalue weighted by Gasteiger charge is 2.35. The van der Waals surface area contributed by atoms with Crippen molar-refractivity contribution in [2.75, 3.05) is 18.6 Å². The number of halogens is 3. The summed E-state index contributed by atoms with van der Waals surface area (Å²) in [4.78, 5) is 37.7. The van der Waals surface area contributed by atoms with Gasteiger partial charge in [0.25, 0.3) is 5.91 Å². The van der Waals surface area contributed by atoms with E-state index in [9.17, 15) is 36.0 Å². The molecule has 3 amide bonds. The Bertz CT molecular complexity index is 1300. The number of thioether (sulfide) groups is 1. The highest BCUT2D eigenvalue weighted by Crippen LogP contribution is 2.30. The number of alkyl halides is 3. The molecule has 0 bridgehead atoms. The van der Waals surface area contributed by atoms with E-state index in [1.54, 1.807) is 24.3 Å². The van der Waals surface area contributed by atoms with Gasteiger partial charge < -0.3 is 16.0 Å². The Hall–Kier alpha value is -3.06. The summed E-state index contributed by atoms with van der Waals surface area (Å²) in [6.07, 6.45) is -1.49. The normalized spacial score (nSPS) is 19.7. The fourth-order valence-electron chi connectivity index (χ4n) is 4.55. The molecule has 212 valence electrons. The van der Waals surface area contributed by atoms with Crippen LogP contribution in [-0.4, -0.2) is 56.8 Å². The average molecular weight is 586 g/mol. The smallest absolute Gasteiger partial charge is 0.354 e. The van der Waals surface area contributed by atoms with Crippen molar-refractivity contribution in [3.63, 3.8) is 0 Å². The number of hydrogen-bond donors (Lipinski definition) is 3. The molecule has 0 spiro atoms. The molecule has 0 aliphatic heterocycles. The molecular weight excluding hydrogens is 555 g/mol. The molecule has 0 saturated heterocycles. The summed E-state index contributed by atoms with van der Waals surface area (Å²) in [6, 6.07) is 9.47. The summed E-state index contributed by atoms with van der Waals surface area (Å²) >= 11 is 1.49. The Balaban J connectivity index is 1.68. The van der Waals surface area contributed by atoms with E-state index in [2.05, 4.69) is 16.0 Å². The number of hydrogen-bond acceptors (Lipinski definition) is 6. The van der Waals surface area contributed by atoms with Gasteiger partial charge in [0.1, 0.15) is 0 Å². The molecular formula is C26H30F3N3O5S2. The molecule has 2 aromatic rings. The number of nitrogens with one attached hydrogen (secondary N) is 3. The Morgan fingerprint density at radius 1 is 1.03 bits per heavy atom. The van der Waals surface area contributed by atoms with Gasteiger partial charge in [0.05, 0.1) is 22.8 Å². The largest absolute Gasteiger partial charge is 0.416 e. The van der Waals surface area contributed by atoms with Gasteiger partial charge in [0, 0.05) is 29.5 Å². The van der Waals surface area contributed by atoms with Gasteiger partial charge in [0.15, 0.2) is 9.84 Å². The molecule has 1 saturated carbocycles. The summed E-state index contributed by atoms with van der Waals surface area (Å²) in [7, 11) is -3.68. The third-order valence-corrected chi connectivity index (χ3v) is 9.06. The van der Waals surface area contributed by atoms with Crippen molar-refractivity contribution in [3.8, 4) is 0 Å². The lowest BCUT2D eigenvalue weighted by Crippen LogP contribution is -2.52. The lowest BCUT2D eigenvalue weighted by Gasteiger charge is -2.36. The molecule has 1 aliphatic rings. The summed E-state index contributed by atoms with van der Waals surface area (Å²) in [6.45, 7) is 0.845. The predicted octanol–water partition coefficient (Wildman–Crippen LogP) is 3.42. The molecule has 3 rings (SSSR count). The number of carbonyl (C=O) groups is 3. The van der Waals surface area contributed by atoms with Gasteiger partial charge in [-0.05, 0) is 73.9 Å². The van der Waals surface area contributed by atoms with Crippen molar-refractivity contribution in [1.82, 2.24) is 16.0 Å². The van der Waals surface area contributed by atoms with Crippen LogP contribution in [0.3, 0.4) is 0 Å². The van der Waals surface area contributed by atoms with Gasteiger partial charge in [0.2, 0.25) is 11.8 Å². The maximum atomic E-state index is 13.1. The van der Waals surface area contributed by atoms with Crippen LogP contribution < -0.4 is 16.0 Å². The molecule has 2 aromatic carbocycles. The van der Waals surface area contributed by atoms with Gasteiger partial charge in [-0.2, -0.15) is 13.2 Å². The quantitative estimate of drug-likeness (QED) is 0.388. The number of sulfone groups is 1. The fourth-order valence-corrected chi connectivity index (χ4v) is 6.66. The van der Waals surface area contributed by atoms with Crippen LogP contribution in [0, 0.1) is 5.92 Å². The highest BCUT2D eigenvalue weighted by atomic mass is 32.2. The maximum Gasteiger partial charge on any atom is 0.416 e. The van der Waals surface area contributed by atoms with E-state index in [1.807, 2.05) is 6.26 Å². The fraction of sp³-hybridized carbons (Fsp3) is 0.423. The van der Waals surface area contributed by atoms with E-state index in [4.69, 9.17) is 0 Å². The number of rotatable bonds is 9. The van der Waals surface area contributed by atoms with Crippen LogP contribution in [0.15, 0.2) is 58.3 Å². The third-order valence-electron chi connectivity index (χ3n) is 6.46. The Morgan fingerprint density at radius 2 is 1.72 bits per heavy atom. The molecule has 1 aliphatic carbocycles. The lowest BCUT2D eigenvalue weighted by molar-refractivity contribution is -0.137. The third kappa shape index (κ3) is 8.72. The number of carbonyl (C=O) groups excluding carboxylic acids is 3. The summed E-state index contributed by atoms with van der Waals surface area (Å²) in [5.41, 5.74) is -1.24. The molecule has 13 heteroatoms. The molecule has 3 N–H and O–H groups in total. The summed E-state index contributed by atoms with van der Waals surface area (Å²) in [5, 5.41) is 7.85. The van der Waals surface area contributed by atoms with Gasteiger partial charge in [-0.1, -0.05) is 6.07 Å². The zero-order valence-corrected chi connectivity index (χ0v) is 23.0. The van der Waals surface area contributed by atoms with Gasteiger partial charge in [-0.3, -0.25) is 14.4 Å². The van der Waals surface area contributed by atoms with Crippen LogP contribution in [0.1, 0.15) is 42.1 Å². The first-order chi connectivity index (χ1) is 18.3. The van der Waals surface area contributed by atoms with Crippen LogP contribution in [0.2, 0.25) is 0 Å². The van der Waals surface area contributed by atoms with Crippen LogP contribution in [0.5, 0.6) is 0 Å². The topological polar surface area (TPSA) is 121 Å². The summed E-state index contributed by atoms with van der Waals surface area (Å²) < 4.78 is 65.1. The van der Waals surface area contributed by atoms with E-state index < -0.39 is 51.9 Å². The van der Waals surface area contributed by atoms with Crippen LogP contribution in [-0.2, 0) is 25.6 Å². The molecule has 0 aromatic heterocycles. The second-order valence-corrected chi connectivity index (χ2v) is 12.3. The molecule has 0 unspecified atom stereocenters. The molecule has 1 fully saturated rings. The maximum absolute atomic E-state index is 13.1. The summed E-state index contributed by atoms with van der Waals surface area (Å²) in [5.74, 6) is -2.42. The monoisotopic (exact) mass is 585 g/mol. The zero-order valence-electron chi connectivity index (χ0n) is 21.4. The SMILES string of the molecule is CSc1ccc(S(=O)(=O)C[C@@H]2CC[C@@H](NC(C)=O)C[C@@H]2NC(=O)CNC(=O)c2cccc(C(F)(F)F)c2)cc1. The Labute approximate surface area is 229 Å². The van der Waals surface area contributed by atoms with E-state index >= 15 is 0 Å². The highest BCUT2D eigenvalue weighted by molar-refractivity contribution is 7.98. The van der Waals surface area contributed by atoms with Crippen LogP contribution in [0.4, 0.5) is 13.2 Å². The predicted molar refractivity (Wildman–Crippen MR) is 141 cm³/mol. The minimum absolute atomic E-state index is 0.169. The van der Waals surface area contributed by atoms with E-state index in [-0.39, 0.29) is 28.2 Å². The number of amides is 3. The first-order valence-corrected chi connectivity index (χ1v) is 15.0. The minimum atomic E-state index is -4.62. The molecule has 8 nitrogen and oxygen atoms in total. The minimum Gasteiger partial charge on any atom is -0.354 e. The second kappa shape index (κ2) is 12.9. The lowest BCUT2D eigenvalue weighted by atomic mass is 9.82. The van der Waals surface area contributed by atoms with E-state index in [0.717, 1.165) is 17.0 Å². The van der Waals surface area contributed by atoms with Crippen LogP contribution >= 0.6 is 11.8 Å². The molecule has 3 atom stereocenters. The van der Waals surface area contributed by atoms with Gasteiger partial charge >= 0.3 is 6.18 Å². The van der Waals surface area contributed by atoms with Gasteiger partial charge in [-0.25, -0.2) is 8.42 Å². The zero-order chi connectivity index (χ0) is 28.8. The average Bonchev–Trinajstić information content (AvgIpc) is 2.88. The van der Waals surface area contributed by atoms with Crippen molar-refractivity contribution >= 4 is 39.3 Å². The van der Waals surface area contributed by atoms with Crippen molar-refractivity contribution in [2.45, 2.75) is 54.2 Å². The van der Waals surface area contributed by atoms with E-state index in [0.29, 0.717) is 25.3 Å². The van der Waals surface area contributed by atoms with Crippen molar-refractivity contribution in [2.24, 2.45) is 5.92 Å². The second-order valence-electron chi connectivity index (χ2n) is 9.36. The molecule has 39 heavy (non-hydrogen) atoms. The van der Waals surface area contributed by atoms with Gasteiger partial charge in [-0.15, -0.1) is 11.8 Å². The number of benzene rings is 2. The van der Waals surface area contributed by atoms with Crippen molar-refractivity contribution in [1.29, 1.82) is 0 Å². The molecule has 0 heterocycles. The first kappa shape index (κ1) is 30.5. The molecule has 0 radical (unpaired) electrons. The standard InChI is InChI=1S/C26H30F3N3O5S2/c1-16(33)31-20-7-6-18(15-39(36,37)22-10-8-21(38-2)9-11-22)23(13-20)32-24(34)14-30-25(35)17-4-3-5-19(12-17)26(27,28)29/h3-5,8-12,18,20,23H,6-7,13-15H2,1-2H3,(H,30,35)(H,31,33)(H,32,34)/t18-,20+,23-/m0/s1. The Kier molecular flexibility index (Phi) is 10.1. The van der Waals surface area contributed by atoms with Crippen LogP contribution in [0.25, 0.3) is 0 Å². The first-order valence-electron chi connectivity index (χ1n) is 12.2. The van der Waals surface area contributed by atoms with Crippen molar-refractivity contribution < 1.29 is 36.0 Å². The van der Waals surface area contributed by atoms with Crippen molar-refractivity contribution in [3.05, 3.63) is 59.7 Å². The Morgan fingerprint density at radius 3 is 2.33 bits per heavy atom. The van der Waals surface area contributed by atoms with E-state index in [1.165, 1.54) is 24.8 Å².